The minimum Gasteiger partial charge on any atom is -0.823 e. The van der Waals surface area contributed by atoms with Crippen molar-refractivity contribution in [3.63, 3.8) is 0 Å². The molecule has 0 unspecified atom stereocenters. The smallest absolute Gasteiger partial charge is 0.00373 e. The lowest BCUT2D eigenvalue weighted by molar-refractivity contribution is -0.207. The first-order valence-electron chi connectivity index (χ1n) is 5.14. The molecular weight excluding hydrogens is 215 g/mol. The molecule has 0 amide bonds. The van der Waals surface area contributed by atoms with Crippen LogP contribution in [0.4, 0.5) is 0 Å². The quantitative estimate of drug-likeness (QED) is 0.720. The van der Waals surface area contributed by atoms with Crippen LogP contribution in [0.5, 0.6) is 0 Å². The van der Waals surface area contributed by atoms with Gasteiger partial charge in [-0.2, -0.15) is 0 Å². The van der Waals surface area contributed by atoms with Gasteiger partial charge in [0.15, 0.2) is 0 Å². The van der Waals surface area contributed by atoms with Gasteiger partial charge in [0.05, 0.1) is 0 Å². The summed E-state index contributed by atoms with van der Waals surface area (Å²) in [5, 5.41) is 13.0. The normalized spacial score (nSPS) is 11.5. The molecule has 0 aliphatic heterocycles. The molecule has 0 saturated carbocycles. The standard InChI is InChI=1S/C14H13OP/c1-11-7-5-6-10-13(11)16-14(15)12-8-3-2-4-9-12/h2-10,15H,1H3/p-1. The molecule has 0 N–H and O–H groups in total. The summed E-state index contributed by atoms with van der Waals surface area (Å²) in [6.07, 6.45) is 0. The monoisotopic (exact) mass is 227 g/mol. The fourth-order valence-electron chi connectivity index (χ4n) is 1.44. The molecule has 0 aliphatic carbocycles. The maximum atomic E-state index is 12.0. The molecule has 2 rings (SSSR count). The van der Waals surface area contributed by atoms with Crippen LogP contribution in [-0.2, 0) is 0 Å². The van der Waals surface area contributed by atoms with E-state index < -0.39 is 0 Å². The average molecular weight is 227 g/mol. The molecular formula is C14H12OP-. The lowest BCUT2D eigenvalue weighted by atomic mass is 10.2. The van der Waals surface area contributed by atoms with Crippen LogP contribution in [0.3, 0.4) is 0 Å². The van der Waals surface area contributed by atoms with Gasteiger partial charge < -0.3 is 5.11 Å². The van der Waals surface area contributed by atoms with Crippen LogP contribution in [0.25, 0.3) is 0 Å². The number of hydrogen-bond acceptors (Lipinski definition) is 1. The topological polar surface area (TPSA) is 23.1 Å². The molecule has 0 spiro atoms. The summed E-state index contributed by atoms with van der Waals surface area (Å²) < 4.78 is 0. The maximum absolute atomic E-state index is 12.0. The minimum absolute atomic E-state index is 0.148. The number of benzene rings is 2. The summed E-state index contributed by atoms with van der Waals surface area (Å²) in [6, 6.07) is 17.4. The fourth-order valence-corrected chi connectivity index (χ4v) is 2.35. The van der Waals surface area contributed by atoms with E-state index in [2.05, 4.69) is 0 Å². The third kappa shape index (κ3) is 2.57. The van der Waals surface area contributed by atoms with Crippen molar-refractivity contribution in [1.82, 2.24) is 0 Å². The molecule has 2 aromatic rings. The molecule has 0 saturated heterocycles. The molecule has 0 atom stereocenters. The van der Waals surface area contributed by atoms with E-state index in [9.17, 15) is 5.11 Å². The van der Waals surface area contributed by atoms with Gasteiger partial charge in [0.25, 0.3) is 0 Å². The summed E-state index contributed by atoms with van der Waals surface area (Å²) in [7, 11) is 0.750. The van der Waals surface area contributed by atoms with Crippen LogP contribution < -0.4 is 10.4 Å². The Labute approximate surface area is 97.2 Å². The highest BCUT2D eigenvalue weighted by molar-refractivity contribution is 7.49. The highest BCUT2D eigenvalue weighted by atomic mass is 31.1. The number of hydrogen-bond donors (Lipinski definition) is 0. The molecule has 2 aromatic carbocycles. The van der Waals surface area contributed by atoms with Gasteiger partial charge in [0, 0.05) is 5.30 Å². The predicted molar refractivity (Wildman–Crippen MR) is 68.3 cm³/mol. The zero-order valence-electron chi connectivity index (χ0n) is 9.05. The van der Waals surface area contributed by atoms with E-state index in [1.54, 1.807) is 0 Å². The Morgan fingerprint density at radius 3 is 2.25 bits per heavy atom. The zero-order chi connectivity index (χ0) is 11.4. The molecule has 0 radical (unpaired) electrons. The maximum Gasteiger partial charge on any atom is 0.00373 e. The van der Waals surface area contributed by atoms with Crippen LogP contribution >= 0.6 is 8.20 Å². The molecule has 2 heteroatoms. The highest BCUT2D eigenvalue weighted by Gasteiger charge is 1.93. The third-order valence-corrected chi connectivity index (χ3v) is 3.56. The predicted octanol–water partition coefficient (Wildman–Crippen LogP) is 2.11. The van der Waals surface area contributed by atoms with Gasteiger partial charge in [-0.25, -0.2) is 0 Å². The van der Waals surface area contributed by atoms with Gasteiger partial charge in [-0.3, -0.25) is 0 Å². The van der Waals surface area contributed by atoms with Crippen LogP contribution in [-0.4, -0.2) is 5.48 Å². The second kappa shape index (κ2) is 5.07. The van der Waals surface area contributed by atoms with Crippen molar-refractivity contribution in [3.05, 3.63) is 65.7 Å². The van der Waals surface area contributed by atoms with E-state index in [1.165, 1.54) is 0 Å². The van der Waals surface area contributed by atoms with Crippen molar-refractivity contribution >= 4 is 19.0 Å². The lowest BCUT2D eigenvalue weighted by Gasteiger charge is -2.12. The third-order valence-electron chi connectivity index (χ3n) is 2.36. The Kier molecular flexibility index (Phi) is 3.51. The van der Waals surface area contributed by atoms with E-state index in [0.29, 0.717) is 0 Å². The van der Waals surface area contributed by atoms with Gasteiger partial charge in [-0.15, -0.1) is 5.48 Å². The lowest BCUT2D eigenvalue weighted by Crippen LogP contribution is -2.17. The number of rotatable bonds is 2. The molecule has 16 heavy (non-hydrogen) atoms. The molecule has 0 aromatic heterocycles. The van der Waals surface area contributed by atoms with Gasteiger partial charge in [0.1, 0.15) is 0 Å². The van der Waals surface area contributed by atoms with E-state index in [0.717, 1.165) is 24.6 Å². The first-order chi connectivity index (χ1) is 7.77. The Balaban J connectivity index is 2.36. The molecule has 0 aliphatic rings. The van der Waals surface area contributed by atoms with Gasteiger partial charge in [-0.05, 0) is 18.1 Å². The number of aryl methyl sites for hydroxylation is 1. The second-order valence-electron chi connectivity index (χ2n) is 3.57. The summed E-state index contributed by atoms with van der Waals surface area (Å²) in [4.78, 5) is 0. The van der Waals surface area contributed by atoms with Crippen LogP contribution in [0.1, 0.15) is 11.1 Å². The van der Waals surface area contributed by atoms with Crippen molar-refractivity contribution < 1.29 is 5.11 Å². The van der Waals surface area contributed by atoms with Crippen molar-refractivity contribution in [3.8, 4) is 0 Å². The molecule has 0 bridgehead atoms. The van der Waals surface area contributed by atoms with Gasteiger partial charge >= 0.3 is 0 Å². The van der Waals surface area contributed by atoms with E-state index >= 15 is 0 Å². The summed E-state index contributed by atoms with van der Waals surface area (Å²) in [5.74, 6) is 0. The largest absolute Gasteiger partial charge is 0.823 e. The first-order valence-corrected chi connectivity index (χ1v) is 6.03. The first kappa shape index (κ1) is 11.1. The Hall–Kier alpha value is -1.43. The average Bonchev–Trinajstić information content (AvgIpc) is 2.33. The van der Waals surface area contributed by atoms with E-state index in [1.807, 2.05) is 61.5 Å². The van der Waals surface area contributed by atoms with Crippen molar-refractivity contribution in [1.29, 1.82) is 0 Å². The summed E-state index contributed by atoms with van der Waals surface area (Å²) in [5.41, 5.74) is 2.08. The highest BCUT2D eigenvalue weighted by Crippen LogP contribution is 2.08. The fraction of sp³-hybridized carbons (Fsp3) is 0.0714. The minimum atomic E-state index is 0.148. The molecule has 0 fully saturated rings. The van der Waals surface area contributed by atoms with Gasteiger partial charge in [0.2, 0.25) is 0 Å². The molecule has 80 valence electrons. The van der Waals surface area contributed by atoms with Crippen molar-refractivity contribution in [2.45, 2.75) is 6.92 Å². The van der Waals surface area contributed by atoms with Crippen molar-refractivity contribution in [2.75, 3.05) is 0 Å². The molecule has 0 heterocycles. The second-order valence-corrected chi connectivity index (χ2v) is 4.68. The Bertz CT molecular complexity index is 503. The SMILES string of the molecule is Cc1ccccc1P=C([O-])c1ccccc1. The summed E-state index contributed by atoms with van der Waals surface area (Å²) in [6.45, 7) is 2.03. The van der Waals surface area contributed by atoms with E-state index in [-0.39, 0.29) is 5.48 Å². The zero-order valence-corrected chi connectivity index (χ0v) is 9.95. The summed E-state index contributed by atoms with van der Waals surface area (Å²) >= 11 is 0. The van der Waals surface area contributed by atoms with Crippen molar-refractivity contribution in [2.24, 2.45) is 0 Å². The Morgan fingerprint density at radius 2 is 1.56 bits per heavy atom. The van der Waals surface area contributed by atoms with Gasteiger partial charge in [-0.1, -0.05) is 62.8 Å². The van der Waals surface area contributed by atoms with E-state index in [4.69, 9.17) is 0 Å². The van der Waals surface area contributed by atoms with Crippen LogP contribution in [0.2, 0.25) is 0 Å². The van der Waals surface area contributed by atoms with Crippen LogP contribution in [0, 0.1) is 6.92 Å². The van der Waals surface area contributed by atoms with Crippen LogP contribution in [0.15, 0.2) is 54.6 Å². The Morgan fingerprint density at radius 1 is 0.938 bits per heavy atom. The molecule has 1 nitrogen and oxygen atoms in total.